The van der Waals surface area contributed by atoms with Gasteiger partial charge in [-0.15, -0.1) is 0 Å². The number of aliphatic hydroxyl groups is 1. The lowest BCUT2D eigenvalue weighted by atomic mass is 10.1. The molecule has 6 heteroatoms. The fourth-order valence-electron chi connectivity index (χ4n) is 3.95. The minimum atomic E-state index is -0.215. The molecule has 0 saturated carbocycles. The first-order valence-electron chi connectivity index (χ1n) is 10.0. The summed E-state index contributed by atoms with van der Waals surface area (Å²) < 4.78 is 9.39. The molecule has 0 radical (unpaired) electrons. The van der Waals surface area contributed by atoms with Gasteiger partial charge in [0.15, 0.2) is 5.78 Å². The van der Waals surface area contributed by atoms with Gasteiger partial charge in [0.1, 0.15) is 18.2 Å². The third-order valence-corrected chi connectivity index (χ3v) is 5.31. The zero-order valence-electron chi connectivity index (χ0n) is 17.4. The Balaban J connectivity index is 1.67. The number of aliphatic hydroxyl groups excluding tert-OH is 1. The third kappa shape index (κ3) is 3.50. The number of hydrogen-bond donors (Lipinski definition) is 1. The molecule has 0 aliphatic rings. The van der Waals surface area contributed by atoms with Crippen molar-refractivity contribution in [2.45, 2.75) is 33.9 Å². The average molecular weight is 403 g/mol. The van der Waals surface area contributed by atoms with E-state index in [0.717, 1.165) is 33.9 Å². The van der Waals surface area contributed by atoms with Crippen LogP contribution in [0.15, 0.2) is 54.6 Å². The second-order valence-corrected chi connectivity index (χ2v) is 7.23. The monoisotopic (exact) mass is 403 g/mol. The Morgan fingerprint density at radius 1 is 1.10 bits per heavy atom. The van der Waals surface area contributed by atoms with Crippen molar-refractivity contribution in [2.24, 2.45) is 0 Å². The lowest BCUT2D eigenvalue weighted by Crippen LogP contribution is -2.14. The summed E-state index contributed by atoms with van der Waals surface area (Å²) in [5.41, 5.74) is 5.14. The first-order chi connectivity index (χ1) is 14.5. The Morgan fingerprint density at radius 2 is 1.83 bits per heavy atom. The van der Waals surface area contributed by atoms with Gasteiger partial charge in [0, 0.05) is 22.6 Å². The van der Waals surface area contributed by atoms with E-state index in [9.17, 15) is 9.90 Å². The quantitative estimate of drug-likeness (QED) is 0.469. The summed E-state index contributed by atoms with van der Waals surface area (Å²) in [5.74, 6) is 1.30. The molecule has 4 aromatic rings. The molecule has 2 aromatic carbocycles. The standard InChI is InChI=1S/C24H25N3O3/c1-4-30-19-11-9-18(10-12-19)27-16(2)13-20(17(27)3)23(29)14-26-22-8-6-5-7-21(22)25-24(26)15-28/h5-13,28H,4,14-15H2,1-3H3. The van der Waals surface area contributed by atoms with E-state index in [2.05, 4.69) is 9.55 Å². The predicted molar refractivity (Wildman–Crippen MR) is 116 cm³/mol. The van der Waals surface area contributed by atoms with Crippen LogP contribution in [0, 0.1) is 13.8 Å². The molecule has 0 aliphatic heterocycles. The Labute approximate surface area is 175 Å². The van der Waals surface area contributed by atoms with Crippen LogP contribution < -0.4 is 4.74 Å². The van der Waals surface area contributed by atoms with Crippen LogP contribution in [0.3, 0.4) is 0 Å². The van der Waals surface area contributed by atoms with E-state index in [0.29, 0.717) is 18.0 Å². The highest BCUT2D eigenvalue weighted by Gasteiger charge is 2.19. The topological polar surface area (TPSA) is 69.3 Å². The average Bonchev–Trinajstić information content (AvgIpc) is 3.25. The van der Waals surface area contributed by atoms with Gasteiger partial charge in [-0.25, -0.2) is 4.98 Å². The third-order valence-electron chi connectivity index (χ3n) is 5.31. The lowest BCUT2D eigenvalue weighted by molar-refractivity contribution is 0.0970. The van der Waals surface area contributed by atoms with Gasteiger partial charge in [-0.3, -0.25) is 4.79 Å². The normalized spacial score (nSPS) is 11.2. The number of hydrogen-bond acceptors (Lipinski definition) is 4. The van der Waals surface area contributed by atoms with E-state index in [1.807, 2.05) is 75.4 Å². The smallest absolute Gasteiger partial charge is 0.184 e. The number of fused-ring (bicyclic) bond motifs is 1. The maximum atomic E-state index is 13.2. The van der Waals surface area contributed by atoms with Gasteiger partial charge < -0.3 is 19.0 Å². The summed E-state index contributed by atoms with van der Waals surface area (Å²) in [4.78, 5) is 17.7. The van der Waals surface area contributed by atoms with E-state index in [-0.39, 0.29) is 18.9 Å². The van der Waals surface area contributed by atoms with Gasteiger partial charge in [-0.1, -0.05) is 12.1 Å². The molecule has 1 N–H and O–H groups in total. The van der Waals surface area contributed by atoms with Crippen molar-refractivity contribution in [1.29, 1.82) is 0 Å². The number of benzene rings is 2. The number of para-hydroxylation sites is 2. The van der Waals surface area contributed by atoms with Gasteiger partial charge in [0.2, 0.25) is 0 Å². The minimum Gasteiger partial charge on any atom is -0.494 e. The van der Waals surface area contributed by atoms with Crippen LogP contribution in [-0.4, -0.2) is 31.6 Å². The molecule has 4 rings (SSSR count). The molecule has 0 fully saturated rings. The number of aryl methyl sites for hydroxylation is 1. The van der Waals surface area contributed by atoms with Crippen molar-refractivity contribution >= 4 is 16.8 Å². The second-order valence-electron chi connectivity index (χ2n) is 7.23. The molecule has 30 heavy (non-hydrogen) atoms. The molecule has 6 nitrogen and oxygen atoms in total. The molecule has 0 saturated heterocycles. The van der Waals surface area contributed by atoms with Crippen molar-refractivity contribution in [1.82, 2.24) is 14.1 Å². The fraction of sp³-hybridized carbons (Fsp3) is 0.250. The molecule has 0 aliphatic carbocycles. The number of aromatic nitrogens is 3. The number of carbonyl (C=O) groups is 1. The molecule has 0 spiro atoms. The number of rotatable bonds is 7. The molecule has 0 unspecified atom stereocenters. The SMILES string of the molecule is CCOc1ccc(-n2c(C)cc(C(=O)Cn3c(CO)nc4ccccc43)c2C)cc1. The van der Waals surface area contributed by atoms with Crippen LogP contribution in [0.1, 0.15) is 34.5 Å². The van der Waals surface area contributed by atoms with E-state index in [1.54, 1.807) is 4.57 Å². The van der Waals surface area contributed by atoms with Crippen LogP contribution >= 0.6 is 0 Å². The molecule has 2 heterocycles. The summed E-state index contributed by atoms with van der Waals surface area (Å²) in [6.07, 6.45) is 0. The van der Waals surface area contributed by atoms with Crippen molar-refractivity contribution in [3.8, 4) is 11.4 Å². The number of Topliss-reactive ketones (excluding diaryl/α,β-unsaturated/α-hetero) is 1. The number of ketones is 1. The molecular formula is C24H25N3O3. The Morgan fingerprint density at radius 3 is 2.53 bits per heavy atom. The maximum absolute atomic E-state index is 13.2. The summed E-state index contributed by atoms with van der Waals surface area (Å²) in [6.45, 7) is 6.44. The number of imidazole rings is 1. The number of nitrogens with zero attached hydrogens (tertiary/aromatic N) is 3. The predicted octanol–water partition coefficient (Wildman–Crippen LogP) is 4.22. The van der Waals surface area contributed by atoms with Crippen molar-refractivity contribution in [3.63, 3.8) is 0 Å². The van der Waals surface area contributed by atoms with Crippen LogP contribution in [0.25, 0.3) is 16.7 Å². The summed E-state index contributed by atoms with van der Waals surface area (Å²) in [7, 11) is 0. The maximum Gasteiger partial charge on any atom is 0.184 e. The highest BCUT2D eigenvalue weighted by atomic mass is 16.5. The molecule has 0 amide bonds. The van der Waals surface area contributed by atoms with Crippen LogP contribution in [0.2, 0.25) is 0 Å². The van der Waals surface area contributed by atoms with Crippen LogP contribution in [0.5, 0.6) is 5.75 Å². The fourth-order valence-corrected chi connectivity index (χ4v) is 3.95. The van der Waals surface area contributed by atoms with Crippen molar-refractivity contribution < 1.29 is 14.6 Å². The highest BCUT2D eigenvalue weighted by molar-refractivity contribution is 5.98. The number of carbonyl (C=O) groups excluding carboxylic acids is 1. The van der Waals surface area contributed by atoms with Gasteiger partial charge in [-0.05, 0) is 63.2 Å². The van der Waals surface area contributed by atoms with Gasteiger partial charge >= 0.3 is 0 Å². The zero-order chi connectivity index (χ0) is 21.3. The van der Waals surface area contributed by atoms with E-state index >= 15 is 0 Å². The Hall–Kier alpha value is -3.38. The van der Waals surface area contributed by atoms with Gasteiger partial charge in [0.05, 0.1) is 24.2 Å². The van der Waals surface area contributed by atoms with Crippen molar-refractivity contribution in [3.05, 3.63) is 77.4 Å². The minimum absolute atomic E-state index is 0.0156. The molecule has 0 atom stereocenters. The molecule has 0 bridgehead atoms. The van der Waals surface area contributed by atoms with Crippen LogP contribution in [0.4, 0.5) is 0 Å². The lowest BCUT2D eigenvalue weighted by Gasteiger charge is -2.11. The largest absolute Gasteiger partial charge is 0.494 e. The van der Waals surface area contributed by atoms with Gasteiger partial charge in [0.25, 0.3) is 0 Å². The summed E-state index contributed by atoms with van der Waals surface area (Å²) in [6, 6.07) is 17.4. The van der Waals surface area contributed by atoms with Gasteiger partial charge in [-0.2, -0.15) is 0 Å². The summed E-state index contributed by atoms with van der Waals surface area (Å²) in [5, 5.41) is 9.71. The van der Waals surface area contributed by atoms with E-state index in [1.165, 1.54) is 0 Å². The summed E-state index contributed by atoms with van der Waals surface area (Å²) >= 11 is 0. The zero-order valence-corrected chi connectivity index (χ0v) is 17.4. The van der Waals surface area contributed by atoms with Crippen LogP contribution in [-0.2, 0) is 13.2 Å². The molecular weight excluding hydrogens is 378 g/mol. The second kappa shape index (κ2) is 8.16. The number of ether oxygens (including phenoxy) is 1. The highest BCUT2D eigenvalue weighted by Crippen LogP contribution is 2.24. The first kappa shape index (κ1) is 19.9. The first-order valence-corrected chi connectivity index (χ1v) is 10.0. The Bertz CT molecular complexity index is 1200. The molecule has 154 valence electrons. The van der Waals surface area contributed by atoms with E-state index < -0.39 is 0 Å². The molecule has 2 aromatic heterocycles. The van der Waals surface area contributed by atoms with Crippen molar-refractivity contribution in [2.75, 3.05) is 6.61 Å². The van der Waals surface area contributed by atoms with E-state index in [4.69, 9.17) is 4.74 Å². The Kier molecular flexibility index (Phi) is 5.42.